The number of nitrogens with zero attached hydrogens (tertiary/aromatic N) is 1. The van der Waals surface area contributed by atoms with Crippen molar-refractivity contribution in [1.82, 2.24) is 10.2 Å². The Labute approximate surface area is 119 Å². The first-order chi connectivity index (χ1) is 9.29. The Kier molecular flexibility index (Phi) is 3.63. The van der Waals surface area contributed by atoms with Crippen LogP contribution >= 0.6 is 11.3 Å². The molecule has 0 saturated carbocycles. The normalized spacial score (nSPS) is 17.8. The fraction of sp³-hybridized carbons (Fsp3) is 0.308. The highest BCUT2D eigenvalue weighted by Crippen LogP contribution is 2.23. The maximum atomic E-state index is 12.0. The van der Waals surface area contributed by atoms with Gasteiger partial charge in [-0.3, -0.25) is 9.69 Å². The fourth-order valence-electron chi connectivity index (χ4n) is 1.85. The van der Waals surface area contributed by atoms with E-state index in [1.807, 2.05) is 0 Å². The number of imide groups is 1. The van der Waals surface area contributed by atoms with Crippen LogP contribution in [0, 0.1) is 0 Å². The highest BCUT2D eigenvalue weighted by molar-refractivity contribution is 7.10. The largest absolute Gasteiger partial charge is 0.478 e. The predicted octanol–water partition coefficient (Wildman–Crippen LogP) is 1.68. The van der Waals surface area contributed by atoms with Gasteiger partial charge in [-0.25, -0.2) is 9.59 Å². The second-order valence-electron chi connectivity index (χ2n) is 4.96. The molecule has 0 atom stereocenters. The van der Waals surface area contributed by atoms with Crippen molar-refractivity contribution in [2.75, 3.05) is 0 Å². The van der Waals surface area contributed by atoms with Crippen molar-refractivity contribution >= 4 is 35.3 Å². The number of carbonyl (C=O) groups is 3. The van der Waals surface area contributed by atoms with Crippen LogP contribution in [0.5, 0.6) is 0 Å². The van der Waals surface area contributed by atoms with E-state index in [2.05, 4.69) is 5.32 Å². The van der Waals surface area contributed by atoms with Crippen LogP contribution in [-0.4, -0.2) is 33.5 Å². The SMILES string of the molecule is CC1(C)NC(=O)N(Cc2cc(C=CC(=O)O)cs2)C1=O. The van der Waals surface area contributed by atoms with Crippen molar-refractivity contribution in [3.05, 3.63) is 28.0 Å². The van der Waals surface area contributed by atoms with Crippen molar-refractivity contribution in [1.29, 1.82) is 0 Å². The van der Waals surface area contributed by atoms with Gasteiger partial charge in [0, 0.05) is 11.0 Å². The molecule has 0 spiro atoms. The van der Waals surface area contributed by atoms with Crippen LogP contribution < -0.4 is 5.32 Å². The number of aliphatic carboxylic acids is 1. The molecule has 3 amide bonds. The molecule has 106 valence electrons. The molecule has 0 radical (unpaired) electrons. The molecule has 2 N–H and O–H groups in total. The number of thiophene rings is 1. The zero-order chi connectivity index (χ0) is 14.9. The second-order valence-corrected chi connectivity index (χ2v) is 5.96. The maximum Gasteiger partial charge on any atom is 0.328 e. The lowest BCUT2D eigenvalue weighted by atomic mass is 10.1. The summed E-state index contributed by atoms with van der Waals surface area (Å²) in [7, 11) is 0. The second kappa shape index (κ2) is 5.09. The minimum atomic E-state index is -1.02. The molecule has 1 aliphatic rings. The molecular weight excluding hydrogens is 280 g/mol. The number of nitrogens with one attached hydrogen (secondary N) is 1. The topological polar surface area (TPSA) is 86.7 Å². The van der Waals surface area contributed by atoms with Gasteiger partial charge in [0.15, 0.2) is 0 Å². The van der Waals surface area contributed by atoms with E-state index in [-0.39, 0.29) is 12.5 Å². The van der Waals surface area contributed by atoms with E-state index < -0.39 is 17.5 Å². The van der Waals surface area contributed by atoms with E-state index in [0.717, 1.165) is 21.4 Å². The summed E-state index contributed by atoms with van der Waals surface area (Å²) in [5, 5.41) is 12.9. The smallest absolute Gasteiger partial charge is 0.328 e. The van der Waals surface area contributed by atoms with Crippen molar-refractivity contribution in [2.45, 2.75) is 25.9 Å². The molecule has 7 heteroatoms. The van der Waals surface area contributed by atoms with E-state index in [9.17, 15) is 14.4 Å². The van der Waals surface area contributed by atoms with Gasteiger partial charge in [-0.2, -0.15) is 0 Å². The van der Waals surface area contributed by atoms with Crippen molar-refractivity contribution in [2.24, 2.45) is 0 Å². The molecule has 1 saturated heterocycles. The van der Waals surface area contributed by atoms with Crippen LogP contribution in [0.15, 0.2) is 17.5 Å². The number of urea groups is 1. The van der Waals surface area contributed by atoms with Crippen LogP contribution in [0.3, 0.4) is 0 Å². The number of rotatable bonds is 4. The van der Waals surface area contributed by atoms with Gasteiger partial charge < -0.3 is 10.4 Å². The first-order valence-corrected chi connectivity index (χ1v) is 6.80. The first-order valence-electron chi connectivity index (χ1n) is 5.92. The molecule has 0 aromatic carbocycles. The summed E-state index contributed by atoms with van der Waals surface area (Å²) < 4.78 is 0. The average Bonchev–Trinajstić information content (AvgIpc) is 2.86. The molecule has 0 aliphatic carbocycles. The maximum absolute atomic E-state index is 12.0. The van der Waals surface area contributed by atoms with Crippen LogP contribution in [0.2, 0.25) is 0 Å². The first kappa shape index (κ1) is 14.3. The summed E-state index contributed by atoms with van der Waals surface area (Å²) in [4.78, 5) is 36.2. The quantitative estimate of drug-likeness (QED) is 0.653. The van der Waals surface area contributed by atoms with E-state index in [1.54, 1.807) is 25.3 Å². The molecule has 2 heterocycles. The number of carboxylic acid groups (broad SMARTS) is 1. The average molecular weight is 294 g/mol. The fourth-order valence-corrected chi connectivity index (χ4v) is 2.69. The molecule has 1 aromatic rings. The molecule has 1 fully saturated rings. The number of carboxylic acids is 1. The van der Waals surface area contributed by atoms with Gasteiger partial charge in [0.25, 0.3) is 5.91 Å². The predicted molar refractivity (Wildman–Crippen MR) is 74.1 cm³/mol. The monoisotopic (exact) mass is 294 g/mol. The Hall–Kier alpha value is -2.15. The molecule has 1 aromatic heterocycles. The Balaban J connectivity index is 2.10. The van der Waals surface area contributed by atoms with Crippen LogP contribution in [0.25, 0.3) is 6.08 Å². The molecule has 2 rings (SSSR count). The Morgan fingerprint density at radius 3 is 2.75 bits per heavy atom. The van der Waals surface area contributed by atoms with E-state index >= 15 is 0 Å². The van der Waals surface area contributed by atoms with Gasteiger partial charge in [-0.05, 0) is 36.9 Å². The third-order valence-electron chi connectivity index (χ3n) is 2.85. The number of amides is 3. The summed E-state index contributed by atoms with van der Waals surface area (Å²) in [5.74, 6) is -1.29. The van der Waals surface area contributed by atoms with Crippen LogP contribution in [-0.2, 0) is 16.1 Å². The third-order valence-corrected chi connectivity index (χ3v) is 3.79. The molecule has 6 nitrogen and oxygen atoms in total. The lowest BCUT2D eigenvalue weighted by molar-refractivity contribution is -0.131. The van der Waals surface area contributed by atoms with Crippen LogP contribution in [0.1, 0.15) is 24.3 Å². The minimum absolute atomic E-state index is 0.194. The van der Waals surface area contributed by atoms with E-state index in [4.69, 9.17) is 5.11 Å². The standard InChI is InChI=1S/C13H14N2O4S/c1-13(2)11(18)15(12(19)14-13)6-9-5-8(7-20-9)3-4-10(16)17/h3-5,7H,6H2,1-2H3,(H,14,19)(H,16,17). The minimum Gasteiger partial charge on any atom is -0.478 e. The van der Waals surface area contributed by atoms with Gasteiger partial charge in [0.1, 0.15) is 5.54 Å². The zero-order valence-electron chi connectivity index (χ0n) is 11.0. The number of carbonyl (C=O) groups excluding carboxylic acids is 2. The number of hydrogen-bond acceptors (Lipinski definition) is 4. The zero-order valence-corrected chi connectivity index (χ0v) is 11.9. The van der Waals surface area contributed by atoms with Gasteiger partial charge in [-0.15, -0.1) is 11.3 Å². The van der Waals surface area contributed by atoms with Crippen molar-refractivity contribution < 1.29 is 19.5 Å². The Morgan fingerprint density at radius 2 is 2.20 bits per heavy atom. The van der Waals surface area contributed by atoms with Crippen LogP contribution in [0.4, 0.5) is 4.79 Å². The lowest BCUT2D eigenvalue weighted by Crippen LogP contribution is -2.40. The van der Waals surface area contributed by atoms with E-state index in [1.165, 1.54) is 17.4 Å². The third kappa shape index (κ3) is 2.88. The Bertz CT molecular complexity index is 603. The number of hydrogen-bond donors (Lipinski definition) is 2. The summed E-state index contributed by atoms with van der Waals surface area (Å²) in [6, 6.07) is 1.35. The summed E-state index contributed by atoms with van der Waals surface area (Å²) in [5.41, 5.74) is -0.140. The molecule has 1 aliphatic heterocycles. The van der Waals surface area contributed by atoms with Crippen molar-refractivity contribution in [3.63, 3.8) is 0 Å². The van der Waals surface area contributed by atoms with Gasteiger partial charge >= 0.3 is 12.0 Å². The van der Waals surface area contributed by atoms with Gasteiger partial charge in [0.2, 0.25) is 0 Å². The van der Waals surface area contributed by atoms with Gasteiger partial charge in [0.05, 0.1) is 6.54 Å². The molecule has 0 unspecified atom stereocenters. The molecule has 0 bridgehead atoms. The molecular formula is C13H14N2O4S. The van der Waals surface area contributed by atoms with Crippen molar-refractivity contribution in [3.8, 4) is 0 Å². The highest BCUT2D eigenvalue weighted by atomic mass is 32.1. The Morgan fingerprint density at radius 1 is 1.50 bits per heavy atom. The summed E-state index contributed by atoms with van der Waals surface area (Å²) in [6.45, 7) is 3.50. The molecule has 20 heavy (non-hydrogen) atoms. The lowest BCUT2D eigenvalue weighted by Gasteiger charge is -2.15. The highest BCUT2D eigenvalue weighted by Gasteiger charge is 2.44. The summed E-state index contributed by atoms with van der Waals surface area (Å²) in [6.07, 6.45) is 2.51. The van der Waals surface area contributed by atoms with Gasteiger partial charge in [-0.1, -0.05) is 0 Å². The van der Waals surface area contributed by atoms with E-state index in [0.29, 0.717) is 0 Å². The summed E-state index contributed by atoms with van der Waals surface area (Å²) >= 11 is 1.37.